The van der Waals surface area contributed by atoms with E-state index in [9.17, 15) is 9.18 Å². The van der Waals surface area contributed by atoms with Gasteiger partial charge < -0.3 is 24.6 Å². The highest BCUT2D eigenvalue weighted by molar-refractivity contribution is 5.96. The zero-order chi connectivity index (χ0) is 26.4. The van der Waals surface area contributed by atoms with Crippen LogP contribution in [0.2, 0.25) is 0 Å². The Labute approximate surface area is 213 Å². The molecule has 0 unspecified atom stereocenters. The molecule has 1 N–H and O–H groups in total. The van der Waals surface area contributed by atoms with Crippen molar-refractivity contribution in [1.29, 1.82) is 0 Å². The molecule has 196 valence electrons. The molecule has 2 aliphatic rings. The summed E-state index contributed by atoms with van der Waals surface area (Å²) in [6.45, 7) is 0.711. The zero-order valence-electron chi connectivity index (χ0n) is 21.0. The Balaban J connectivity index is 1.56. The van der Waals surface area contributed by atoms with E-state index in [1.165, 1.54) is 26.3 Å². The van der Waals surface area contributed by atoms with Crippen LogP contribution in [0, 0.1) is 11.2 Å². The van der Waals surface area contributed by atoms with Crippen molar-refractivity contribution in [1.82, 2.24) is 15.2 Å². The molecule has 5 rings (SSSR count). The summed E-state index contributed by atoms with van der Waals surface area (Å²) in [6.07, 6.45) is 0.0135. The zero-order valence-corrected chi connectivity index (χ0v) is 21.0. The van der Waals surface area contributed by atoms with Gasteiger partial charge in [0.15, 0.2) is 11.6 Å². The van der Waals surface area contributed by atoms with Crippen molar-refractivity contribution in [2.45, 2.75) is 12.3 Å². The van der Waals surface area contributed by atoms with Crippen molar-refractivity contribution < 1.29 is 27.4 Å². The largest absolute Gasteiger partial charge is 0.494 e. The Morgan fingerprint density at radius 2 is 1.89 bits per heavy atom. The third-order valence-electron chi connectivity index (χ3n) is 7.33. The second kappa shape index (κ2) is 9.41. The molecule has 3 aromatic rings. The number of likely N-dealkylation sites (N-methyl/N-ethyl adjacent to an activating group) is 1. The van der Waals surface area contributed by atoms with Gasteiger partial charge in [-0.3, -0.25) is 4.79 Å². The average Bonchev–Trinajstić information content (AvgIpc) is 3.40. The summed E-state index contributed by atoms with van der Waals surface area (Å²) < 4.78 is 55.7. The molecule has 0 bridgehead atoms. The maximum atomic E-state index is 15.1. The van der Waals surface area contributed by atoms with E-state index >= 15 is 8.78 Å². The molecule has 2 fully saturated rings. The highest BCUT2D eigenvalue weighted by Crippen LogP contribution is 2.51. The number of likely N-dealkylation sites (tertiary alicyclic amines) is 1. The van der Waals surface area contributed by atoms with Gasteiger partial charge in [0.2, 0.25) is 5.91 Å². The lowest BCUT2D eigenvalue weighted by molar-refractivity contribution is -0.142. The van der Waals surface area contributed by atoms with Crippen LogP contribution < -0.4 is 19.7 Å². The second-order valence-electron chi connectivity index (χ2n) is 9.63. The van der Waals surface area contributed by atoms with Crippen LogP contribution in [0.4, 0.5) is 18.9 Å². The number of fused-ring (bicyclic) bond motifs is 1. The molecule has 2 saturated heterocycles. The number of anilines is 1. The number of benzene rings is 2. The van der Waals surface area contributed by atoms with Gasteiger partial charge in [-0.25, -0.2) is 18.2 Å². The number of nitrogens with one attached hydrogen (secondary N) is 1. The van der Waals surface area contributed by atoms with Crippen LogP contribution in [-0.2, 0) is 4.79 Å². The maximum absolute atomic E-state index is 15.1. The lowest BCUT2D eigenvalue weighted by atomic mass is 9.82. The quantitative estimate of drug-likeness (QED) is 0.482. The van der Waals surface area contributed by atoms with E-state index in [1.807, 2.05) is 31.3 Å². The van der Waals surface area contributed by atoms with Gasteiger partial charge in [0.1, 0.15) is 17.8 Å². The maximum Gasteiger partial charge on any atom is 0.281 e. The Morgan fingerprint density at radius 3 is 2.54 bits per heavy atom. The minimum atomic E-state index is -3.16. The number of amides is 1. The predicted octanol–water partition coefficient (Wildman–Crippen LogP) is 3.95. The van der Waals surface area contributed by atoms with Crippen LogP contribution in [0.3, 0.4) is 0 Å². The summed E-state index contributed by atoms with van der Waals surface area (Å²) in [5.74, 6) is -3.55. The number of ether oxygens (including phenoxy) is 2. The van der Waals surface area contributed by atoms with E-state index in [4.69, 9.17) is 14.5 Å². The number of hydrogen-bond donors (Lipinski definition) is 1. The van der Waals surface area contributed by atoms with Gasteiger partial charge >= 0.3 is 0 Å². The molecule has 2 aromatic carbocycles. The van der Waals surface area contributed by atoms with Crippen LogP contribution in [0.1, 0.15) is 6.42 Å². The molecule has 1 spiro atoms. The number of alkyl halides is 2. The summed E-state index contributed by atoms with van der Waals surface area (Å²) in [6, 6.07) is 12.0. The molecule has 1 amide bonds. The summed E-state index contributed by atoms with van der Waals surface area (Å²) in [5.41, 5.74) is 0.576. The monoisotopic (exact) mass is 514 g/mol. The standard InChI is InChI=1S/C27H29F3N4O3/c1-31-9-11-37-18-6-4-17(5-7-18)21-13-23(19-12-20(28)24(36-3)14-22(19)32-21)34-10-8-26(15-34)25(35)33(2)16-27(26,29)30/h4-7,12-14,31H,8-11,15-16H2,1-3H3/t26-/m0/s1. The van der Waals surface area contributed by atoms with Gasteiger partial charge in [0.25, 0.3) is 5.92 Å². The first-order valence-corrected chi connectivity index (χ1v) is 12.1. The number of hydrogen-bond acceptors (Lipinski definition) is 6. The number of nitrogens with zero attached hydrogens (tertiary/aromatic N) is 3. The lowest BCUT2D eigenvalue weighted by Crippen LogP contribution is -2.45. The number of rotatable bonds is 7. The van der Waals surface area contributed by atoms with E-state index in [0.29, 0.717) is 41.2 Å². The third-order valence-corrected chi connectivity index (χ3v) is 7.33. The fourth-order valence-corrected chi connectivity index (χ4v) is 5.30. The van der Waals surface area contributed by atoms with Gasteiger partial charge in [0, 0.05) is 49.4 Å². The van der Waals surface area contributed by atoms with Crippen LogP contribution in [0.15, 0.2) is 42.5 Å². The molecule has 10 heteroatoms. The molecule has 0 radical (unpaired) electrons. The number of pyridine rings is 1. The number of carbonyl (C=O) groups is 1. The number of halogens is 3. The molecular formula is C27H29F3N4O3. The van der Waals surface area contributed by atoms with E-state index in [0.717, 1.165) is 10.5 Å². The van der Waals surface area contributed by atoms with Crippen molar-refractivity contribution >= 4 is 22.5 Å². The Bertz CT molecular complexity index is 1330. The van der Waals surface area contributed by atoms with Crippen LogP contribution in [-0.4, -0.2) is 75.7 Å². The lowest BCUT2D eigenvalue weighted by Gasteiger charge is -2.28. The van der Waals surface area contributed by atoms with Crippen molar-refractivity contribution in [3.8, 4) is 22.8 Å². The van der Waals surface area contributed by atoms with Crippen LogP contribution >= 0.6 is 0 Å². The molecule has 1 atom stereocenters. The van der Waals surface area contributed by atoms with Crippen molar-refractivity contribution in [2.24, 2.45) is 5.41 Å². The molecule has 2 aliphatic heterocycles. The highest BCUT2D eigenvalue weighted by atomic mass is 19.3. The molecule has 1 aromatic heterocycles. The normalized spacial score (nSPS) is 20.9. The fraction of sp³-hybridized carbons (Fsp3) is 0.407. The molecule has 7 nitrogen and oxygen atoms in total. The summed E-state index contributed by atoms with van der Waals surface area (Å²) >= 11 is 0. The van der Waals surface area contributed by atoms with Crippen molar-refractivity contribution in [3.05, 3.63) is 48.3 Å². The van der Waals surface area contributed by atoms with Gasteiger partial charge in [-0.2, -0.15) is 0 Å². The molecular weight excluding hydrogens is 485 g/mol. The van der Waals surface area contributed by atoms with E-state index in [1.54, 1.807) is 11.0 Å². The molecule has 0 aliphatic carbocycles. The highest BCUT2D eigenvalue weighted by Gasteiger charge is 2.67. The SMILES string of the molecule is CNCCOc1ccc(-c2cc(N3CC[C@]4(C3)C(=O)N(C)CC4(F)F)c3cc(F)c(OC)cc3n2)cc1. The minimum absolute atomic E-state index is 0.0135. The first-order valence-electron chi connectivity index (χ1n) is 12.1. The minimum Gasteiger partial charge on any atom is -0.494 e. The third kappa shape index (κ3) is 4.22. The van der Waals surface area contributed by atoms with E-state index in [-0.39, 0.29) is 25.3 Å². The summed E-state index contributed by atoms with van der Waals surface area (Å²) in [7, 11) is 4.62. The first kappa shape index (κ1) is 25.1. The summed E-state index contributed by atoms with van der Waals surface area (Å²) in [5, 5.41) is 3.49. The molecule has 3 heterocycles. The van der Waals surface area contributed by atoms with Crippen LogP contribution in [0.25, 0.3) is 22.2 Å². The predicted molar refractivity (Wildman–Crippen MR) is 135 cm³/mol. The Kier molecular flexibility index (Phi) is 6.39. The van der Waals surface area contributed by atoms with E-state index in [2.05, 4.69) is 5.32 Å². The average molecular weight is 515 g/mol. The molecule has 37 heavy (non-hydrogen) atoms. The van der Waals surface area contributed by atoms with Crippen LogP contribution in [0.5, 0.6) is 11.5 Å². The number of aromatic nitrogens is 1. The first-order chi connectivity index (χ1) is 17.7. The number of carbonyl (C=O) groups excluding carboxylic acids is 1. The van der Waals surface area contributed by atoms with Crippen molar-refractivity contribution in [2.75, 3.05) is 58.9 Å². The van der Waals surface area contributed by atoms with Crippen molar-refractivity contribution in [3.63, 3.8) is 0 Å². The Hall–Kier alpha value is -3.53. The number of methoxy groups -OCH3 is 1. The van der Waals surface area contributed by atoms with Gasteiger partial charge in [-0.05, 0) is 49.9 Å². The molecule has 0 saturated carbocycles. The smallest absolute Gasteiger partial charge is 0.281 e. The van der Waals surface area contributed by atoms with Gasteiger partial charge in [-0.15, -0.1) is 0 Å². The fourth-order valence-electron chi connectivity index (χ4n) is 5.30. The van der Waals surface area contributed by atoms with Gasteiger partial charge in [-0.1, -0.05) is 0 Å². The Morgan fingerprint density at radius 1 is 1.14 bits per heavy atom. The van der Waals surface area contributed by atoms with E-state index < -0.39 is 29.6 Å². The topological polar surface area (TPSA) is 66.9 Å². The second-order valence-corrected chi connectivity index (χ2v) is 9.63. The van der Waals surface area contributed by atoms with Gasteiger partial charge in [0.05, 0.1) is 24.9 Å². The summed E-state index contributed by atoms with van der Waals surface area (Å²) in [4.78, 5) is 20.4.